The third-order valence-electron chi connectivity index (χ3n) is 8.77. The topological polar surface area (TPSA) is 75.5 Å². The van der Waals surface area contributed by atoms with Gasteiger partial charge in [0.25, 0.3) is 0 Å². The number of aromatic nitrogens is 3. The summed E-state index contributed by atoms with van der Waals surface area (Å²) >= 11 is 0. The van der Waals surface area contributed by atoms with Crippen LogP contribution in [-0.4, -0.2) is 76.9 Å². The largest absolute Gasteiger partial charge is 0.469 e. The number of esters is 1. The van der Waals surface area contributed by atoms with Gasteiger partial charge in [-0.15, -0.1) is 0 Å². The standard InChI is InChI=1S/C31H39FN6O2/c1-21-13-22(2)38(35-21)26-8-9-28(32)27(15-26)24(14-29(39)40-3)16-37-19-31(20-37)10-12-36(18-31)17-25-7-6-23-5-4-11-33-30(23)34-25/h6-9,13,15,24H,4-5,10-12,14,16-20H2,1-3H3,(H,33,34)/t24-/m1/s1. The third kappa shape index (κ3) is 5.49. The van der Waals surface area contributed by atoms with E-state index in [4.69, 9.17) is 9.72 Å². The van der Waals surface area contributed by atoms with Gasteiger partial charge in [0.15, 0.2) is 0 Å². The first kappa shape index (κ1) is 26.9. The maximum atomic E-state index is 15.2. The molecule has 3 aliphatic rings. The molecular weight excluding hydrogens is 507 g/mol. The first-order chi connectivity index (χ1) is 19.3. The highest BCUT2D eigenvalue weighted by atomic mass is 19.1. The molecule has 0 radical (unpaired) electrons. The summed E-state index contributed by atoms with van der Waals surface area (Å²) < 4.78 is 22.0. The van der Waals surface area contributed by atoms with E-state index in [2.05, 4.69) is 32.3 Å². The number of methoxy groups -OCH3 is 1. The van der Waals surface area contributed by atoms with Gasteiger partial charge in [-0.05, 0) is 81.1 Å². The number of hydrogen-bond acceptors (Lipinski definition) is 7. The fourth-order valence-electron chi connectivity index (χ4n) is 6.87. The first-order valence-corrected chi connectivity index (χ1v) is 14.4. The predicted octanol–water partition coefficient (Wildman–Crippen LogP) is 4.24. The van der Waals surface area contributed by atoms with Gasteiger partial charge in [-0.25, -0.2) is 14.1 Å². The van der Waals surface area contributed by atoms with Crippen molar-refractivity contribution in [2.45, 2.75) is 52.0 Å². The van der Waals surface area contributed by atoms with Gasteiger partial charge in [-0.3, -0.25) is 9.69 Å². The van der Waals surface area contributed by atoms with Crippen molar-refractivity contribution in [3.8, 4) is 5.69 Å². The van der Waals surface area contributed by atoms with Gasteiger partial charge in [0.1, 0.15) is 11.6 Å². The quantitative estimate of drug-likeness (QED) is 0.424. The molecule has 1 aromatic carbocycles. The summed E-state index contributed by atoms with van der Waals surface area (Å²) in [4.78, 5) is 22.1. The van der Waals surface area contributed by atoms with Crippen LogP contribution in [0.3, 0.4) is 0 Å². The second-order valence-corrected chi connectivity index (χ2v) is 12.0. The smallest absolute Gasteiger partial charge is 0.306 e. The lowest BCUT2D eigenvalue weighted by Gasteiger charge is -2.49. The number of benzene rings is 1. The summed E-state index contributed by atoms with van der Waals surface area (Å²) in [5.74, 6) is 0.133. The summed E-state index contributed by atoms with van der Waals surface area (Å²) in [5, 5.41) is 8.00. The molecule has 2 aromatic heterocycles. The number of nitrogens with one attached hydrogen (secondary N) is 1. The predicted molar refractivity (Wildman–Crippen MR) is 152 cm³/mol. The number of pyridine rings is 1. The summed E-state index contributed by atoms with van der Waals surface area (Å²) in [7, 11) is 1.39. The lowest BCUT2D eigenvalue weighted by molar-refractivity contribution is -0.141. The molecule has 0 aliphatic carbocycles. The number of rotatable bonds is 8. The van der Waals surface area contributed by atoms with E-state index < -0.39 is 0 Å². The molecule has 0 amide bonds. The molecule has 3 aromatic rings. The number of likely N-dealkylation sites (tertiary alicyclic amines) is 2. The van der Waals surface area contributed by atoms with Crippen molar-refractivity contribution in [2.75, 3.05) is 51.7 Å². The van der Waals surface area contributed by atoms with Crippen molar-refractivity contribution < 1.29 is 13.9 Å². The van der Waals surface area contributed by atoms with E-state index in [1.165, 1.54) is 25.2 Å². The van der Waals surface area contributed by atoms with E-state index in [9.17, 15) is 4.79 Å². The number of fused-ring (bicyclic) bond motifs is 1. The lowest BCUT2D eigenvalue weighted by Crippen LogP contribution is -2.58. The maximum absolute atomic E-state index is 15.2. The number of carbonyl (C=O) groups is 1. The molecule has 2 fully saturated rings. The Balaban J connectivity index is 1.12. The fraction of sp³-hybridized carbons (Fsp3) is 0.516. The van der Waals surface area contributed by atoms with Crippen LogP contribution in [0, 0.1) is 25.1 Å². The highest BCUT2D eigenvalue weighted by Crippen LogP contribution is 2.41. The molecule has 9 heteroatoms. The van der Waals surface area contributed by atoms with E-state index in [1.54, 1.807) is 6.07 Å². The molecular formula is C31H39FN6O2. The number of ether oxygens (including phenoxy) is 1. The van der Waals surface area contributed by atoms with Crippen molar-refractivity contribution in [1.29, 1.82) is 0 Å². The van der Waals surface area contributed by atoms with Crippen molar-refractivity contribution >= 4 is 11.8 Å². The summed E-state index contributed by atoms with van der Waals surface area (Å²) in [6.07, 6.45) is 3.56. The minimum absolute atomic E-state index is 0.141. The van der Waals surface area contributed by atoms with Crippen LogP contribution in [0.15, 0.2) is 36.4 Å². The van der Waals surface area contributed by atoms with Crippen LogP contribution in [0.1, 0.15) is 53.4 Å². The monoisotopic (exact) mass is 546 g/mol. The molecule has 1 N–H and O–H groups in total. The van der Waals surface area contributed by atoms with E-state index in [0.29, 0.717) is 12.1 Å². The molecule has 0 saturated carbocycles. The highest BCUT2D eigenvalue weighted by molar-refractivity contribution is 5.70. The Morgan fingerprint density at radius 2 is 1.98 bits per heavy atom. The number of halogens is 1. The highest BCUT2D eigenvalue weighted by Gasteiger charge is 2.48. The Labute approximate surface area is 235 Å². The Morgan fingerprint density at radius 3 is 2.75 bits per heavy atom. The number of aryl methyl sites for hydroxylation is 3. The van der Waals surface area contributed by atoms with Crippen LogP contribution in [0.5, 0.6) is 0 Å². The summed E-state index contributed by atoms with van der Waals surface area (Å²) in [6.45, 7) is 10.4. The fourth-order valence-corrected chi connectivity index (χ4v) is 6.87. The van der Waals surface area contributed by atoms with Crippen molar-refractivity contribution in [3.63, 3.8) is 0 Å². The van der Waals surface area contributed by atoms with E-state index >= 15 is 4.39 Å². The van der Waals surface area contributed by atoms with Crippen molar-refractivity contribution in [1.82, 2.24) is 24.6 Å². The molecule has 1 atom stereocenters. The van der Waals surface area contributed by atoms with Gasteiger partial charge in [0, 0.05) is 56.3 Å². The molecule has 5 heterocycles. The molecule has 1 spiro atoms. The molecule has 40 heavy (non-hydrogen) atoms. The van der Waals surface area contributed by atoms with Crippen molar-refractivity contribution in [3.05, 3.63) is 70.4 Å². The molecule has 8 nitrogen and oxygen atoms in total. The molecule has 212 valence electrons. The minimum atomic E-state index is -0.324. The van der Waals surface area contributed by atoms with Crippen molar-refractivity contribution in [2.24, 2.45) is 5.41 Å². The van der Waals surface area contributed by atoms with Gasteiger partial charge in [-0.1, -0.05) is 6.07 Å². The Hall–Kier alpha value is -3.30. The molecule has 0 bridgehead atoms. The minimum Gasteiger partial charge on any atom is -0.469 e. The zero-order valence-electron chi connectivity index (χ0n) is 23.8. The Morgan fingerprint density at radius 1 is 1.15 bits per heavy atom. The average Bonchev–Trinajstić information content (AvgIpc) is 3.50. The van der Waals surface area contributed by atoms with Gasteiger partial charge >= 0.3 is 5.97 Å². The maximum Gasteiger partial charge on any atom is 0.306 e. The SMILES string of the molecule is COC(=O)C[C@H](CN1CC2(CCN(Cc3ccc4c(n3)NCCC4)C2)C1)c1cc(-n2nc(C)cc2C)ccc1F. The first-order valence-electron chi connectivity index (χ1n) is 14.4. The molecule has 2 saturated heterocycles. The second kappa shape index (κ2) is 10.9. The lowest BCUT2D eigenvalue weighted by atomic mass is 9.78. The van der Waals surface area contributed by atoms with Gasteiger partial charge < -0.3 is 15.0 Å². The number of carbonyl (C=O) groups excluding carboxylic acids is 1. The zero-order valence-corrected chi connectivity index (χ0v) is 23.8. The van der Waals surface area contributed by atoms with Crippen LogP contribution in [0.2, 0.25) is 0 Å². The van der Waals surface area contributed by atoms with Crippen LogP contribution < -0.4 is 5.32 Å². The van der Waals surface area contributed by atoms with Crippen LogP contribution in [0.25, 0.3) is 5.69 Å². The number of hydrogen-bond donors (Lipinski definition) is 1. The molecule has 0 unspecified atom stereocenters. The van der Waals surface area contributed by atoms with E-state index in [0.717, 1.165) is 80.7 Å². The Kier molecular flexibility index (Phi) is 7.35. The van der Waals surface area contributed by atoms with E-state index in [-0.39, 0.29) is 29.5 Å². The van der Waals surface area contributed by atoms with Gasteiger partial charge in [0.2, 0.25) is 0 Å². The Bertz CT molecular complexity index is 1400. The average molecular weight is 547 g/mol. The summed E-state index contributed by atoms with van der Waals surface area (Å²) in [6, 6.07) is 11.5. The zero-order chi connectivity index (χ0) is 27.9. The van der Waals surface area contributed by atoms with Gasteiger partial charge in [0.05, 0.1) is 30.6 Å². The third-order valence-corrected chi connectivity index (χ3v) is 8.77. The summed E-state index contributed by atoms with van der Waals surface area (Å²) in [5.41, 5.74) is 5.93. The van der Waals surface area contributed by atoms with Crippen LogP contribution in [0.4, 0.5) is 10.2 Å². The van der Waals surface area contributed by atoms with E-state index in [1.807, 2.05) is 30.7 Å². The molecule has 3 aliphatic heterocycles. The normalized spacial score (nSPS) is 19.2. The number of nitrogens with zero attached hydrogens (tertiary/aromatic N) is 5. The van der Waals surface area contributed by atoms with Gasteiger partial charge in [-0.2, -0.15) is 5.10 Å². The second-order valence-electron chi connectivity index (χ2n) is 12.0. The van der Waals surface area contributed by atoms with Crippen LogP contribution in [-0.2, 0) is 22.5 Å². The molecule has 6 rings (SSSR count). The number of anilines is 1. The van der Waals surface area contributed by atoms with Crippen LogP contribution >= 0.6 is 0 Å².